The van der Waals surface area contributed by atoms with Crippen LogP contribution >= 0.6 is 0 Å². The molecule has 0 bridgehead atoms. The summed E-state index contributed by atoms with van der Waals surface area (Å²) >= 11 is 0. The summed E-state index contributed by atoms with van der Waals surface area (Å²) in [6.45, 7) is 4.79. The van der Waals surface area contributed by atoms with Gasteiger partial charge >= 0.3 is 0 Å². The molecule has 0 unspecified atom stereocenters. The van der Waals surface area contributed by atoms with Crippen LogP contribution in [0.1, 0.15) is 63.9 Å². The summed E-state index contributed by atoms with van der Waals surface area (Å²) in [6.07, 6.45) is 8.23. The molecule has 0 radical (unpaired) electrons. The van der Waals surface area contributed by atoms with Crippen LogP contribution in [0.5, 0.6) is 5.75 Å². The smallest absolute Gasteiger partial charge is 0.225 e. The Kier molecular flexibility index (Phi) is 7.75. The van der Waals surface area contributed by atoms with E-state index in [0.29, 0.717) is 31.4 Å². The van der Waals surface area contributed by atoms with Crippen LogP contribution in [0.4, 0.5) is 0 Å². The number of carbonyl (C=O) groups is 2. The number of ether oxygens (including phenoxy) is 1. The number of hydrogen-bond acceptors (Lipinski definition) is 3. The topological polar surface area (TPSA) is 58.6 Å². The summed E-state index contributed by atoms with van der Waals surface area (Å²) in [7, 11) is 0. The average molecular weight is 387 g/mol. The highest BCUT2D eigenvalue weighted by Crippen LogP contribution is 2.28. The summed E-state index contributed by atoms with van der Waals surface area (Å²) in [5.74, 6) is 1.95. The maximum absolute atomic E-state index is 12.6. The maximum Gasteiger partial charge on any atom is 0.225 e. The fourth-order valence-electron chi connectivity index (χ4n) is 4.37. The third kappa shape index (κ3) is 5.98. The van der Waals surface area contributed by atoms with E-state index in [1.807, 2.05) is 36.1 Å². The van der Waals surface area contributed by atoms with Crippen LogP contribution in [-0.4, -0.2) is 36.4 Å². The molecule has 1 aliphatic heterocycles. The van der Waals surface area contributed by atoms with E-state index < -0.39 is 0 Å². The van der Waals surface area contributed by atoms with E-state index in [1.54, 1.807) is 0 Å². The Morgan fingerprint density at radius 2 is 1.71 bits per heavy atom. The molecule has 1 aliphatic carbocycles. The lowest BCUT2D eigenvalue weighted by molar-refractivity contribution is -0.138. The first kappa shape index (κ1) is 20.7. The number of piperidine rings is 1. The zero-order valence-corrected chi connectivity index (χ0v) is 17.1. The molecule has 28 heavy (non-hydrogen) atoms. The molecule has 1 aromatic carbocycles. The van der Waals surface area contributed by atoms with Crippen molar-refractivity contribution in [1.82, 2.24) is 10.2 Å². The van der Waals surface area contributed by atoms with Crippen LogP contribution in [-0.2, 0) is 16.1 Å². The Morgan fingerprint density at radius 3 is 2.36 bits per heavy atom. The lowest BCUT2D eigenvalue weighted by Gasteiger charge is -2.35. The number of likely N-dealkylation sites (tertiary alicyclic amines) is 1. The van der Waals surface area contributed by atoms with Crippen molar-refractivity contribution in [3.8, 4) is 5.75 Å². The number of rotatable bonds is 7. The molecule has 1 N–H and O–H groups in total. The molecule has 1 saturated carbocycles. The summed E-state index contributed by atoms with van der Waals surface area (Å²) in [5, 5.41) is 3.02. The van der Waals surface area contributed by atoms with Crippen LogP contribution in [0.15, 0.2) is 24.3 Å². The number of benzene rings is 1. The van der Waals surface area contributed by atoms with Gasteiger partial charge in [-0.25, -0.2) is 0 Å². The van der Waals surface area contributed by atoms with Crippen LogP contribution in [0, 0.1) is 11.8 Å². The van der Waals surface area contributed by atoms with Crippen molar-refractivity contribution < 1.29 is 14.3 Å². The molecule has 5 heteroatoms. The number of hydrogen-bond donors (Lipinski definition) is 1. The normalized spacial score (nSPS) is 18.7. The van der Waals surface area contributed by atoms with Crippen LogP contribution in [0.25, 0.3) is 0 Å². The average Bonchev–Trinajstić information content (AvgIpc) is 2.74. The number of amides is 2. The standard InChI is InChI=1S/C23H34N2O3/c1-2-28-21-10-8-19(9-11-21)17-24-22(26)16-18-12-14-25(15-13-18)23(27)20-6-4-3-5-7-20/h8-11,18,20H,2-7,12-17H2,1H3,(H,24,26). The molecule has 1 heterocycles. The molecule has 0 spiro atoms. The second kappa shape index (κ2) is 10.5. The molecule has 0 atom stereocenters. The van der Waals surface area contributed by atoms with Gasteiger partial charge in [0.05, 0.1) is 6.61 Å². The molecular formula is C23H34N2O3. The molecule has 1 aromatic rings. The SMILES string of the molecule is CCOc1ccc(CNC(=O)CC2CCN(C(=O)C3CCCCC3)CC2)cc1. The van der Waals surface area contributed by atoms with E-state index in [4.69, 9.17) is 4.74 Å². The Labute approximate surface area is 168 Å². The molecule has 2 aliphatic rings. The van der Waals surface area contributed by atoms with Gasteiger partial charge in [0, 0.05) is 32.0 Å². The quantitative estimate of drug-likeness (QED) is 0.773. The second-order valence-electron chi connectivity index (χ2n) is 8.16. The zero-order valence-electron chi connectivity index (χ0n) is 17.1. The molecule has 0 aromatic heterocycles. The van der Waals surface area contributed by atoms with Gasteiger partial charge in [-0.05, 0) is 56.2 Å². The largest absolute Gasteiger partial charge is 0.494 e. The Bertz CT molecular complexity index is 630. The van der Waals surface area contributed by atoms with Crippen LogP contribution < -0.4 is 10.1 Å². The van der Waals surface area contributed by atoms with Crippen molar-refractivity contribution in [3.63, 3.8) is 0 Å². The van der Waals surface area contributed by atoms with E-state index in [-0.39, 0.29) is 11.8 Å². The van der Waals surface area contributed by atoms with Gasteiger partial charge < -0.3 is 15.0 Å². The summed E-state index contributed by atoms with van der Waals surface area (Å²) < 4.78 is 5.44. The third-order valence-electron chi connectivity index (χ3n) is 6.08. The van der Waals surface area contributed by atoms with Gasteiger partial charge in [0.2, 0.25) is 11.8 Å². The highest BCUT2D eigenvalue weighted by Gasteiger charge is 2.29. The summed E-state index contributed by atoms with van der Waals surface area (Å²) in [6, 6.07) is 7.84. The summed E-state index contributed by atoms with van der Waals surface area (Å²) in [4.78, 5) is 27.0. The lowest BCUT2D eigenvalue weighted by Crippen LogP contribution is -2.43. The van der Waals surface area contributed by atoms with Crippen LogP contribution in [0.2, 0.25) is 0 Å². The molecule has 1 saturated heterocycles. The molecule has 154 valence electrons. The number of carbonyl (C=O) groups excluding carboxylic acids is 2. The lowest BCUT2D eigenvalue weighted by atomic mass is 9.87. The predicted molar refractivity (Wildman–Crippen MR) is 110 cm³/mol. The monoisotopic (exact) mass is 386 g/mol. The molecule has 5 nitrogen and oxygen atoms in total. The Morgan fingerprint density at radius 1 is 1.04 bits per heavy atom. The van der Waals surface area contributed by atoms with Gasteiger partial charge in [0.15, 0.2) is 0 Å². The van der Waals surface area contributed by atoms with Crippen molar-refractivity contribution in [1.29, 1.82) is 0 Å². The molecular weight excluding hydrogens is 352 g/mol. The van der Waals surface area contributed by atoms with Crippen LogP contribution in [0.3, 0.4) is 0 Å². The third-order valence-corrected chi connectivity index (χ3v) is 6.08. The van der Waals surface area contributed by atoms with Crippen molar-refractivity contribution in [3.05, 3.63) is 29.8 Å². The predicted octanol–water partition coefficient (Wildman–Crippen LogP) is 3.91. The second-order valence-corrected chi connectivity index (χ2v) is 8.16. The molecule has 2 amide bonds. The Hall–Kier alpha value is -2.04. The first-order valence-corrected chi connectivity index (χ1v) is 10.9. The van der Waals surface area contributed by atoms with E-state index >= 15 is 0 Å². The summed E-state index contributed by atoms with van der Waals surface area (Å²) in [5.41, 5.74) is 1.07. The van der Waals surface area contributed by atoms with Gasteiger partial charge in [-0.2, -0.15) is 0 Å². The van der Waals surface area contributed by atoms with Gasteiger partial charge in [-0.15, -0.1) is 0 Å². The van der Waals surface area contributed by atoms with Gasteiger partial charge in [-0.1, -0.05) is 31.4 Å². The van der Waals surface area contributed by atoms with Crippen molar-refractivity contribution in [2.75, 3.05) is 19.7 Å². The fourth-order valence-corrected chi connectivity index (χ4v) is 4.37. The minimum Gasteiger partial charge on any atom is -0.494 e. The highest BCUT2D eigenvalue weighted by molar-refractivity contribution is 5.79. The Balaban J connectivity index is 1.35. The van der Waals surface area contributed by atoms with E-state index in [9.17, 15) is 9.59 Å². The van der Waals surface area contributed by atoms with Gasteiger partial charge in [-0.3, -0.25) is 9.59 Å². The van der Waals surface area contributed by atoms with Crippen molar-refractivity contribution in [2.24, 2.45) is 11.8 Å². The zero-order chi connectivity index (χ0) is 19.8. The minimum absolute atomic E-state index is 0.103. The number of nitrogens with zero attached hydrogens (tertiary/aromatic N) is 1. The van der Waals surface area contributed by atoms with E-state index in [2.05, 4.69) is 5.32 Å². The first-order valence-electron chi connectivity index (χ1n) is 10.9. The number of nitrogens with one attached hydrogen (secondary N) is 1. The van der Waals surface area contributed by atoms with E-state index in [1.165, 1.54) is 19.3 Å². The van der Waals surface area contributed by atoms with Gasteiger partial charge in [0.25, 0.3) is 0 Å². The first-order chi connectivity index (χ1) is 13.7. The maximum atomic E-state index is 12.6. The fraction of sp³-hybridized carbons (Fsp3) is 0.652. The molecule has 2 fully saturated rings. The van der Waals surface area contributed by atoms with Crippen molar-refractivity contribution in [2.45, 2.75) is 64.8 Å². The highest BCUT2D eigenvalue weighted by atomic mass is 16.5. The minimum atomic E-state index is 0.103. The van der Waals surface area contributed by atoms with Crippen molar-refractivity contribution >= 4 is 11.8 Å². The molecule has 3 rings (SSSR count). The van der Waals surface area contributed by atoms with E-state index in [0.717, 1.165) is 50.1 Å². The van der Waals surface area contributed by atoms with Gasteiger partial charge in [0.1, 0.15) is 5.75 Å².